The van der Waals surface area contributed by atoms with E-state index in [9.17, 15) is 0 Å². The van der Waals surface area contributed by atoms with E-state index in [1.807, 2.05) is 0 Å². The Bertz CT molecular complexity index is 522. The van der Waals surface area contributed by atoms with Crippen molar-refractivity contribution in [3.63, 3.8) is 0 Å². The van der Waals surface area contributed by atoms with E-state index in [-0.39, 0.29) is 0 Å². The minimum Gasteiger partial charge on any atom is -0.198 e. The average molecular weight is 313 g/mol. The molecule has 0 fully saturated rings. The topological polar surface area (TPSA) is 23.8 Å². The van der Waals surface area contributed by atoms with Crippen molar-refractivity contribution in [1.82, 2.24) is 0 Å². The lowest BCUT2D eigenvalue weighted by Gasteiger charge is -2.01. The summed E-state index contributed by atoms with van der Waals surface area (Å²) in [5.41, 5.74) is 2.37. The second-order valence-electron chi connectivity index (χ2n) is 3.19. The highest BCUT2D eigenvalue weighted by Gasteiger charge is 2.05. The Morgan fingerprint density at radius 1 is 1.50 bits per heavy atom. The van der Waals surface area contributed by atoms with E-state index in [4.69, 9.17) is 5.26 Å². The van der Waals surface area contributed by atoms with Crippen LogP contribution >= 0.6 is 33.9 Å². The molecular formula is C11H8INS. The molecule has 0 saturated heterocycles. The summed E-state index contributed by atoms with van der Waals surface area (Å²) in [5.74, 6) is 0. The molecule has 0 radical (unpaired) electrons. The molecule has 2 rings (SSSR count). The second kappa shape index (κ2) is 3.87. The molecule has 1 aromatic carbocycles. The molecule has 1 heterocycles. The zero-order valence-corrected chi connectivity index (χ0v) is 10.6. The fourth-order valence-corrected chi connectivity index (χ4v) is 3.37. The maximum absolute atomic E-state index is 8.69. The van der Waals surface area contributed by atoms with Crippen LogP contribution in [-0.2, 0) is 6.42 Å². The summed E-state index contributed by atoms with van der Waals surface area (Å²) in [6, 6.07) is 6.52. The Hall–Kier alpha value is -0.600. The van der Waals surface area contributed by atoms with Crippen molar-refractivity contribution in [3.8, 4) is 6.07 Å². The molecule has 1 aromatic heterocycles. The van der Waals surface area contributed by atoms with Gasteiger partial charge in [0.05, 0.1) is 12.5 Å². The molecule has 1 nitrogen and oxygen atoms in total. The summed E-state index contributed by atoms with van der Waals surface area (Å²) in [6.07, 6.45) is 0.508. The highest BCUT2D eigenvalue weighted by Crippen LogP contribution is 2.29. The molecule has 70 valence electrons. The van der Waals surface area contributed by atoms with Crippen LogP contribution in [0.25, 0.3) is 10.1 Å². The van der Waals surface area contributed by atoms with Crippen molar-refractivity contribution in [2.75, 3.05) is 0 Å². The van der Waals surface area contributed by atoms with Crippen molar-refractivity contribution in [2.45, 2.75) is 13.3 Å². The number of rotatable bonds is 1. The third-order valence-electron chi connectivity index (χ3n) is 2.25. The monoisotopic (exact) mass is 313 g/mol. The molecule has 3 heteroatoms. The highest BCUT2D eigenvalue weighted by molar-refractivity contribution is 14.1. The predicted octanol–water partition coefficient (Wildman–Crippen LogP) is 3.88. The van der Waals surface area contributed by atoms with E-state index in [0.29, 0.717) is 6.42 Å². The van der Waals surface area contributed by atoms with Crippen LogP contribution < -0.4 is 0 Å². The predicted molar refractivity (Wildman–Crippen MR) is 68.6 cm³/mol. The molecule has 0 saturated carbocycles. The van der Waals surface area contributed by atoms with Gasteiger partial charge in [-0.15, -0.1) is 11.3 Å². The first-order valence-electron chi connectivity index (χ1n) is 4.25. The number of hydrogen-bond acceptors (Lipinski definition) is 2. The van der Waals surface area contributed by atoms with Crippen molar-refractivity contribution in [1.29, 1.82) is 5.26 Å². The van der Waals surface area contributed by atoms with Crippen LogP contribution in [0.3, 0.4) is 0 Å². The minimum absolute atomic E-state index is 0.508. The average Bonchev–Trinajstić information content (AvgIpc) is 2.49. The van der Waals surface area contributed by atoms with Gasteiger partial charge in [0.1, 0.15) is 0 Å². The molecule has 14 heavy (non-hydrogen) atoms. The van der Waals surface area contributed by atoms with Gasteiger partial charge in [0, 0.05) is 19.0 Å². The van der Waals surface area contributed by atoms with Gasteiger partial charge in [-0.25, -0.2) is 0 Å². The Morgan fingerprint density at radius 3 is 3.00 bits per heavy atom. The fourth-order valence-electron chi connectivity index (χ4n) is 1.46. The largest absolute Gasteiger partial charge is 0.198 e. The van der Waals surface area contributed by atoms with Crippen LogP contribution in [0.2, 0.25) is 0 Å². The minimum atomic E-state index is 0.508. The third-order valence-corrected chi connectivity index (χ3v) is 4.51. The summed E-state index contributed by atoms with van der Waals surface area (Å²) >= 11 is 4.10. The molecule has 0 aliphatic carbocycles. The number of thiophene rings is 1. The zero-order valence-electron chi connectivity index (χ0n) is 7.67. The van der Waals surface area contributed by atoms with Crippen LogP contribution in [0, 0.1) is 21.8 Å². The maximum atomic E-state index is 8.69. The zero-order chi connectivity index (χ0) is 10.1. The van der Waals surface area contributed by atoms with E-state index >= 15 is 0 Å². The van der Waals surface area contributed by atoms with Gasteiger partial charge in [-0.2, -0.15) is 5.26 Å². The lowest BCUT2D eigenvalue weighted by molar-refractivity contribution is 1.23. The van der Waals surface area contributed by atoms with Crippen LogP contribution in [0.4, 0.5) is 0 Å². The van der Waals surface area contributed by atoms with Crippen molar-refractivity contribution >= 4 is 44.0 Å². The SMILES string of the molecule is Cc1cc2scc(I)c2cc1CC#N. The first kappa shape index (κ1) is 9.94. The Kier molecular flexibility index (Phi) is 2.75. The van der Waals surface area contributed by atoms with Crippen molar-refractivity contribution < 1.29 is 0 Å². The number of halogens is 1. The second-order valence-corrected chi connectivity index (χ2v) is 5.27. The molecule has 0 atom stereocenters. The van der Waals surface area contributed by atoms with Gasteiger partial charge >= 0.3 is 0 Å². The van der Waals surface area contributed by atoms with Crippen LogP contribution in [-0.4, -0.2) is 0 Å². The van der Waals surface area contributed by atoms with E-state index in [0.717, 1.165) is 5.56 Å². The molecule has 0 N–H and O–H groups in total. The van der Waals surface area contributed by atoms with E-state index < -0.39 is 0 Å². The summed E-state index contributed by atoms with van der Waals surface area (Å²) < 4.78 is 2.59. The normalized spacial score (nSPS) is 10.4. The first-order chi connectivity index (χ1) is 6.72. The molecule has 0 spiro atoms. The number of aryl methyl sites for hydroxylation is 1. The quantitative estimate of drug-likeness (QED) is 0.733. The van der Waals surface area contributed by atoms with Crippen molar-refractivity contribution in [2.24, 2.45) is 0 Å². The molecule has 0 unspecified atom stereocenters. The smallest absolute Gasteiger partial charge is 0.0669 e. The molecule has 2 aromatic rings. The standard InChI is InChI=1S/C11H8INS/c1-7-4-11-9(10(12)6-14-11)5-8(7)2-3-13/h4-6H,2H2,1H3. The molecular weight excluding hydrogens is 305 g/mol. The fraction of sp³-hybridized carbons (Fsp3) is 0.182. The number of nitrogens with zero attached hydrogens (tertiary/aromatic N) is 1. The van der Waals surface area contributed by atoms with Crippen LogP contribution in [0.1, 0.15) is 11.1 Å². The van der Waals surface area contributed by atoms with Gasteiger partial charge in [-0.1, -0.05) is 0 Å². The van der Waals surface area contributed by atoms with Crippen LogP contribution in [0.5, 0.6) is 0 Å². The Balaban J connectivity index is 2.69. The lowest BCUT2D eigenvalue weighted by Crippen LogP contribution is -1.86. The van der Waals surface area contributed by atoms with E-state index in [2.05, 4.69) is 53.1 Å². The molecule has 0 aliphatic heterocycles. The van der Waals surface area contributed by atoms with Gasteiger partial charge in [0.15, 0.2) is 0 Å². The van der Waals surface area contributed by atoms with Crippen LogP contribution in [0.15, 0.2) is 17.5 Å². The van der Waals surface area contributed by atoms with Gasteiger partial charge in [0.25, 0.3) is 0 Å². The molecule has 0 amide bonds. The van der Waals surface area contributed by atoms with Crippen molar-refractivity contribution in [3.05, 3.63) is 32.2 Å². The number of nitriles is 1. The number of fused-ring (bicyclic) bond motifs is 1. The summed E-state index contributed by atoms with van der Waals surface area (Å²) in [5, 5.41) is 12.1. The number of benzene rings is 1. The Labute approximate surface area is 101 Å². The Morgan fingerprint density at radius 2 is 2.29 bits per heavy atom. The first-order valence-corrected chi connectivity index (χ1v) is 6.21. The van der Waals surface area contributed by atoms with Gasteiger partial charge in [-0.05, 0) is 52.8 Å². The van der Waals surface area contributed by atoms with E-state index in [1.165, 1.54) is 19.2 Å². The van der Waals surface area contributed by atoms with E-state index in [1.54, 1.807) is 11.3 Å². The summed E-state index contributed by atoms with van der Waals surface area (Å²) in [6.45, 7) is 2.07. The van der Waals surface area contributed by atoms with Gasteiger partial charge in [0.2, 0.25) is 0 Å². The molecule has 0 bridgehead atoms. The lowest BCUT2D eigenvalue weighted by atomic mass is 10.0. The molecule has 0 aliphatic rings. The third kappa shape index (κ3) is 1.64. The number of hydrogen-bond donors (Lipinski definition) is 0. The summed E-state index contributed by atoms with van der Waals surface area (Å²) in [7, 11) is 0. The maximum Gasteiger partial charge on any atom is 0.0669 e. The highest BCUT2D eigenvalue weighted by atomic mass is 127. The summed E-state index contributed by atoms with van der Waals surface area (Å²) in [4.78, 5) is 0. The van der Waals surface area contributed by atoms with Gasteiger partial charge < -0.3 is 0 Å². The van der Waals surface area contributed by atoms with Gasteiger partial charge in [-0.3, -0.25) is 0 Å².